The molecule has 5 heteroatoms. The highest BCUT2D eigenvalue weighted by atomic mass is 16.2. The Morgan fingerprint density at radius 1 is 1.62 bits per heavy atom. The van der Waals surface area contributed by atoms with Crippen molar-refractivity contribution in [1.82, 2.24) is 10.3 Å². The highest BCUT2D eigenvalue weighted by Crippen LogP contribution is 1.93. The number of aromatic nitrogens is 1. The van der Waals surface area contributed by atoms with Gasteiger partial charge in [0.2, 0.25) is 0 Å². The first kappa shape index (κ1) is 9.47. The Kier molecular flexibility index (Phi) is 2.81. The quantitative estimate of drug-likeness (QED) is 0.570. The molecule has 0 unspecified atom stereocenters. The van der Waals surface area contributed by atoms with Gasteiger partial charge in [-0.25, -0.2) is 0 Å². The van der Waals surface area contributed by atoms with Crippen LogP contribution in [0, 0.1) is 0 Å². The second kappa shape index (κ2) is 3.86. The van der Waals surface area contributed by atoms with Crippen LogP contribution in [0.4, 0.5) is 0 Å². The molecule has 70 valence electrons. The third kappa shape index (κ3) is 2.16. The van der Waals surface area contributed by atoms with Crippen molar-refractivity contribution in [1.29, 1.82) is 0 Å². The number of hydrogen-bond donors (Lipinski definition) is 3. The standard InChI is InChI=1S/C8H11N3O2/c1-10-4-5-2-3-6(7(9)12)8(13)11-5/h2-3,10H,4H2,1H3,(H2,9,12)(H,11,13). The molecule has 0 bridgehead atoms. The maximum Gasteiger partial charge on any atom is 0.261 e. The molecule has 13 heavy (non-hydrogen) atoms. The van der Waals surface area contributed by atoms with E-state index < -0.39 is 11.5 Å². The van der Waals surface area contributed by atoms with Crippen molar-refractivity contribution >= 4 is 5.91 Å². The Morgan fingerprint density at radius 3 is 2.77 bits per heavy atom. The molecule has 1 amide bonds. The van der Waals surface area contributed by atoms with Crippen LogP contribution in [0.1, 0.15) is 16.1 Å². The van der Waals surface area contributed by atoms with Crippen LogP contribution >= 0.6 is 0 Å². The number of primary amides is 1. The number of hydrogen-bond acceptors (Lipinski definition) is 3. The lowest BCUT2D eigenvalue weighted by atomic mass is 10.2. The SMILES string of the molecule is CNCc1ccc(C(N)=O)c(=O)[nH]1. The lowest BCUT2D eigenvalue weighted by Gasteiger charge is -2.00. The normalized spacial score (nSPS) is 9.92. The van der Waals surface area contributed by atoms with Crippen LogP contribution < -0.4 is 16.6 Å². The second-order valence-electron chi connectivity index (χ2n) is 2.62. The molecule has 0 radical (unpaired) electrons. The summed E-state index contributed by atoms with van der Waals surface area (Å²) in [6.45, 7) is 0.550. The van der Waals surface area contributed by atoms with Gasteiger partial charge in [0.05, 0.1) is 0 Å². The van der Waals surface area contributed by atoms with E-state index in [2.05, 4.69) is 10.3 Å². The second-order valence-corrected chi connectivity index (χ2v) is 2.62. The number of H-pyrrole nitrogens is 1. The summed E-state index contributed by atoms with van der Waals surface area (Å²) in [5.74, 6) is -0.711. The third-order valence-electron chi connectivity index (χ3n) is 1.60. The Balaban J connectivity index is 3.06. The summed E-state index contributed by atoms with van der Waals surface area (Å²) in [6.07, 6.45) is 0. The summed E-state index contributed by atoms with van der Waals surface area (Å²) in [4.78, 5) is 24.4. The number of pyridine rings is 1. The van der Waals surface area contributed by atoms with Gasteiger partial charge in [-0.3, -0.25) is 9.59 Å². The number of aromatic amines is 1. The Morgan fingerprint density at radius 2 is 2.31 bits per heavy atom. The van der Waals surface area contributed by atoms with Crippen molar-refractivity contribution in [2.45, 2.75) is 6.54 Å². The molecule has 0 aromatic carbocycles. The van der Waals surface area contributed by atoms with Gasteiger partial charge in [-0.05, 0) is 19.2 Å². The van der Waals surface area contributed by atoms with Crippen molar-refractivity contribution in [2.75, 3.05) is 7.05 Å². The molecule has 1 heterocycles. The molecule has 1 aromatic heterocycles. The third-order valence-corrected chi connectivity index (χ3v) is 1.60. The maximum atomic E-state index is 11.2. The summed E-state index contributed by atoms with van der Waals surface area (Å²) in [5, 5.41) is 2.87. The molecule has 1 rings (SSSR count). The Bertz CT molecular complexity index is 370. The fourth-order valence-corrected chi connectivity index (χ4v) is 1.00. The van der Waals surface area contributed by atoms with E-state index in [1.165, 1.54) is 6.07 Å². The Labute approximate surface area is 75.0 Å². The van der Waals surface area contributed by atoms with Crippen LogP contribution in [0.2, 0.25) is 0 Å². The summed E-state index contributed by atoms with van der Waals surface area (Å²) < 4.78 is 0. The van der Waals surface area contributed by atoms with Crippen molar-refractivity contribution in [3.63, 3.8) is 0 Å². The molecule has 4 N–H and O–H groups in total. The first-order valence-electron chi connectivity index (χ1n) is 3.81. The van der Waals surface area contributed by atoms with E-state index in [-0.39, 0.29) is 5.56 Å². The van der Waals surface area contributed by atoms with E-state index in [1.54, 1.807) is 13.1 Å². The number of nitrogens with two attached hydrogens (primary N) is 1. The number of rotatable bonds is 3. The zero-order valence-corrected chi connectivity index (χ0v) is 7.26. The molecule has 0 aliphatic carbocycles. The zero-order chi connectivity index (χ0) is 9.84. The minimum Gasteiger partial charge on any atom is -0.365 e. The van der Waals surface area contributed by atoms with Gasteiger partial charge in [-0.15, -0.1) is 0 Å². The van der Waals surface area contributed by atoms with Gasteiger partial charge < -0.3 is 16.0 Å². The van der Waals surface area contributed by atoms with Crippen LogP contribution in [0.3, 0.4) is 0 Å². The van der Waals surface area contributed by atoms with E-state index in [0.29, 0.717) is 6.54 Å². The largest absolute Gasteiger partial charge is 0.365 e. The number of amides is 1. The van der Waals surface area contributed by atoms with Crippen molar-refractivity contribution in [3.05, 3.63) is 33.7 Å². The van der Waals surface area contributed by atoms with Crippen LogP contribution in [0.5, 0.6) is 0 Å². The van der Waals surface area contributed by atoms with Crippen LogP contribution in [0.15, 0.2) is 16.9 Å². The van der Waals surface area contributed by atoms with Crippen LogP contribution in [-0.2, 0) is 6.54 Å². The smallest absolute Gasteiger partial charge is 0.261 e. The molecule has 0 atom stereocenters. The molecule has 0 aliphatic heterocycles. The number of carbonyl (C=O) groups is 1. The lowest BCUT2D eigenvalue weighted by molar-refractivity contribution is 0.0999. The van der Waals surface area contributed by atoms with Crippen molar-refractivity contribution in [2.24, 2.45) is 5.73 Å². The number of carbonyl (C=O) groups excluding carboxylic acids is 1. The molecule has 1 aromatic rings. The van der Waals surface area contributed by atoms with E-state index >= 15 is 0 Å². The first-order chi connectivity index (χ1) is 6.15. The first-order valence-corrected chi connectivity index (χ1v) is 3.81. The molecule has 0 fully saturated rings. The molecular weight excluding hydrogens is 170 g/mol. The lowest BCUT2D eigenvalue weighted by Crippen LogP contribution is -2.24. The monoisotopic (exact) mass is 181 g/mol. The fraction of sp³-hybridized carbons (Fsp3) is 0.250. The minimum absolute atomic E-state index is 0.0140. The topological polar surface area (TPSA) is 88.0 Å². The molecule has 0 saturated heterocycles. The Hall–Kier alpha value is -1.62. The average Bonchev–Trinajstić information content (AvgIpc) is 2.04. The van der Waals surface area contributed by atoms with Gasteiger partial charge in [0.1, 0.15) is 5.56 Å². The summed E-state index contributed by atoms with van der Waals surface area (Å²) >= 11 is 0. The molecule has 0 saturated carbocycles. The van der Waals surface area contributed by atoms with Gasteiger partial charge in [0.15, 0.2) is 0 Å². The zero-order valence-electron chi connectivity index (χ0n) is 7.26. The van der Waals surface area contributed by atoms with E-state index in [0.717, 1.165) is 5.69 Å². The average molecular weight is 181 g/mol. The van der Waals surface area contributed by atoms with E-state index in [1.807, 2.05) is 0 Å². The van der Waals surface area contributed by atoms with E-state index in [4.69, 9.17) is 5.73 Å². The highest BCUT2D eigenvalue weighted by Gasteiger charge is 2.05. The van der Waals surface area contributed by atoms with Crippen LogP contribution in [0.25, 0.3) is 0 Å². The fourth-order valence-electron chi connectivity index (χ4n) is 1.00. The summed E-state index contributed by atoms with van der Waals surface area (Å²) in [7, 11) is 1.76. The summed E-state index contributed by atoms with van der Waals surface area (Å²) in [6, 6.07) is 3.08. The van der Waals surface area contributed by atoms with Gasteiger partial charge in [0.25, 0.3) is 11.5 Å². The molecule has 5 nitrogen and oxygen atoms in total. The predicted octanol–water partition coefficient (Wildman–Crippen LogP) is -0.807. The predicted molar refractivity (Wildman–Crippen MR) is 48.3 cm³/mol. The molecule has 0 spiro atoms. The van der Waals surface area contributed by atoms with E-state index in [9.17, 15) is 9.59 Å². The van der Waals surface area contributed by atoms with Gasteiger partial charge in [0, 0.05) is 12.2 Å². The van der Waals surface area contributed by atoms with Gasteiger partial charge >= 0.3 is 0 Å². The van der Waals surface area contributed by atoms with Gasteiger partial charge in [-0.1, -0.05) is 0 Å². The maximum absolute atomic E-state index is 11.2. The number of nitrogens with one attached hydrogen (secondary N) is 2. The highest BCUT2D eigenvalue weighted by molar-refractivity contribution is 5.92. The van der Waals surface area contributed by atoms with Crippen LogP contribution in [-0.4, -0.2) is 17.9 Å². The van der Waals surface area contributed by atoms with Gasteiger partial charge in [-0.2, -0.15) is 0 Å². The molecule has 0 aliphatic rings. The minimum atomic E-state index is -0.711. The summed E-state index contributed by atoms with van der Waals surface area (Å²) in [5.41, 5.74) is 5.23. The molecular formula is C8H11N3O2. The van der Waals surface area contributed by atoms with Crippen molar-refractivity contribution in [3.8, 4) is 0 Å². The van der Waals surface area contributed by atoms with Crippen molar-refractivity contribution < 1.29 is 4.79 Å².